The van der Waals surface area contributed by atoms with E-state index in [2.05, 4.69) is 4.18 Å². The smallest absolute Gasteiger partial charge is 0.446 e. The molecule has 1 aliphatic carbocycles. The monoisotopic (exact) mass is 660 g/mol. The first-order chi connectivity index (χ1) is 22.0. The zero-order valence-electron chi connectivity index (χ0n) is 26.0. The minimum Gasteiger partial charge on any atom is -0.493 e. The fourth-order valence-corrected chi connectivity index (χ4v) is 5.99. The Labute approximate surface area is 265 Å². The van der Waals surface area contributed by atoms with Gasteiger partial charge in [-0.05, 0) is 51.7 Å². The lowest BCUT2D eigenvalue weighted by Crippen LogP contribution is -2.15. The van der Waals surface area contributed by atoms with Crippen LogP contribution in [-0.4, -0.2) is 51.8 Å². The molecule has 1 saturated carbocycles. The number of hydrogen-bond acceptors (Lipinski definition) is 12. The molecule has 0 aliphatic heterocycles. The van der Waals surface area contributed by atoms with Crippen LogP contribution >= 0.6 is 0 Å². The van der Waals surface area contributed by atoms with Gasteiger partial charge < -0.3 is 36.7 Å². The van der Waals surface area contributed by atoms with Gasteiger partial charge in [0.25, 0.3) is 0 Å². The Morgan fingerprint density at radius 3 is 2.07 bits per heavy atom. The molecule has 1 fully saturated rings. The molecule has 0 atom stereocenters. The van der Waals surface area contributed by atoms with Gasteiger partial charge in [0.1, 0.15) is 34.7 Å². The van der Waals surface area contributed by atoms with Gasteiger partial charge in [0, 0.05) is 22.9 Å². The van der Waals surface area contributed by atoms with Crippen molar-refractivity contribution in [1.29, 1.82) is 0 Å². The van der Waals surface area contributed by atoms with Crippen LogP contribution in [0, 0.1) is 12.8 Å². The van der Waals surface area contributed by atoms with E-state index in [1.165, 1.54) is 25.7 Å². The highest BCUT2D eigenvalue weighted by Gasteiger charge is 2.28. The van der Waals surface area contributed by atoms with Crippen molar-refractivity contribution in [3.63, 3.8) is 0 Å². The number of esters is 2. The normalized spacial score (nSPS) is 13.9. The van der Waals surface area contributed by atoms with Crippen LogP contribution in [0.3, 0.4) is 0 Å². The Bertz CT molecular complexity index is 1840. The van der Waals surface area contributed by atoms with E-state index in [4.69, 9.17) is 32.5 Å². The summed E-state index contributed by atoms with van der Waals surface area (Å²) in [5, 5.41) is 0.596. The number of hydrogen-bond donors (Lipinski definition) is 1. The maximum Gasteiger partial charge on any atom is 0.446 e. The average molecular weight is 661 g/mol. The highest BCUT2D eigenvalue weighted by atomic mass is 32.3. The van der Waals surface area contributed by atoms with Crippen LogP contribution in [0.4, 0.5) is 0 Å². The Morgan fingerprint density at radius 1 is 0.826 bits per heavy atom. The molecule has 4 aromatic rings. The van der Waals surface area contributed by atoms with Gasteiger partial charge in [-0.15, -0.1) is 0 Å². The van der Waals surface area contributed by atoms with Gasteiger partial charge in [-0.2, -0.15) is 8.42 Å². The van der Waals surface area contributed by atoms with Crippen molar-refractivity contribution in [2.24, 2.45) is 5.92 Å². The molecule has 248 valence electrons. The second-order valence-corrected chi connectivity index (χ2v) is 11.8. The van der Waals surface area contributed by atoms with Crippen molar-refractivity contribution in [3.8, 4) is 23.0 Å². The van der Waals surface area contributed by atoms with E-state index in [1.807, 2.05) is 0 Å². The van der Waals surface area contributed by atoms with E-state index in [0.29, 0.717) is 35.0 Å². The van der Waals surface area contributed by atoms with Crippen LogP contribution in [0.2, 0.25) is 0 Å². The summed E-state index contributed by atoms with van der Waals surface area (Å²) in [6, 6.07) is 5.79. The molecule has 1 aliphatic rings. The number of ether oxygens (including phenoxy) is 5. The lowest BCUT2D eigenvalue weighted by atomic mass is 9.90. The Kier molecular flexibility index (Phi) is 9.97. The molecule has 46 heavy (non-hydrogen) atoms. The van der Waals surface area contributed by atoms with Gasteiger partial charge in [-0.25, -0.2) is 9.59 Å². The topological polar surface area (TPSA) is 170 Å². The van der Waals surface area contributed by atoms with Crippen LogP contribution in [0.5, 0.6) is 23.0 Å². The number of methoxy groups -OCH3 is 1. The standard InChI is InChI=1S/C32H36O13S/c1-5-39-31(33)29-18(3)43-22-15-26(41-16-19-10-8-7-9-11-19)25(12-20(22)29)42-17-28-30(32(34)40-6-2)21-13-27(45-46(35,36)37)24(38-4)14-23(21)44-28/h12-15,19H,5-11,16-17H2,1-4H3,(H,35,36,37). The van der Waals surface area contributed by atoms with Crippen molar-refractivity contribution < 1.29 is 59.3 Å². The highest BCUT2D eigenvalue weighted by molar-refractivity contribution is 7.81. The van der Waals surface area contributed by atoms with Crippen molar-refractivity contribution in [1.82, 2.24) is 0 Å². The lowest BCUT2D eigenvalue weighted by Gasteiger charge is -2.22. The van der Waals surface area contributed by atoms with Crippen molar-refractivity contribution in [3.05, 3.63) is 46.9 Å². The van der Waals surface area contributed by atoms with Gasteiger partial charge in [-0.1, -0.05) is 19.3 Å². The number of aryl methyl sites for hydroxylation is 1. The zero-order valence-corrected chi connectivity index (χ0v) is 26.8. The molecule has 0 bridgehead atoms. The molecule has 5 rings (SSSR count). The summed E-state index contributed by atoms with van der Waals surface area (Å²) in [6.07, 6.45) is 5.59. The van der Waals surface area contributed by atoms with E-state index < -0.39 is 22.3 Å². The first-order valence-electron chi connectivity index (χ1n) is 15.0. The first kappa shape index (κ1) is 32.9. The molecule has 2 aromatic heterocycles. The molecule has 13 nitrogen and oxygen atoms in total. The molecule has 0 spiro atoms. The van der Waals surface area contributed by atoms with Gasteiger partial charge >= 0.3 is 22.3 Å². The number of fused-ring (bicyclic) bond motifs is 2. The second-order valence-electron chi connectivity index (χ2n) is 10.8. The third-order valence-electron chi connectivity index (χ3n) is 7.69. The molecule has 0 unspecified atom stereocenters. The largest absolute Gasteiger partial charge is 0.493 e. The van der Waals surface area contributed by atoms with Crippen LogP contribution < -0.4 is 18.4 Å². The van der Waals surface area contributed by atoms with Gasteiger partial charge in [0.15, 0.2) is 28.8 Å². The molecular formula is C32H36O13S. The maximum atomic E-state index is 13.1. The van der Waals surface area contributed by atoms with E-state index in [-0.39, 0.29) is 64.9 Å². The van der Waals surface area contributed by atoms with Crippen molar-refractivity contribution in [2.45, 2.75) is 59.5 Å². The summed E-state index contributed by atoms with van der Waals surface area (Å²) in [7, 11) is -3.65. The van der Waals surface area contributed by atoms with E-state index in [1.54, 1.807) is 32.9 Å². The minimum atomic E-state index is -4.92. The molecule has 0 radical (unpaired) electrons. The minimum absolute atomic E-state index is 0.0443. The Balaban J connectivity index is 1.56. The third-order valence-corrected chi connectivity index (χ3v) is 8.08. The maximum absolute atomic E-state index is 13.1. The van der Waals surface area contributed by atoms with Crippen LogP contribution in [0.1, 0.15) is 78.2 Å². The number of furan rings is 2. The van der Waals surface area contributed by atoms with Crippen LogP contribution in [-0.2, 0) is 26.5 Å². The number of benzene rings is 2. The highest BCUT2D eigenvalue weighted by Crippen LogP contribution is 2.41. The van der Waals surface area contributed by atoms with Gasteiger partial charge in [0.05, 0.1) is 26.9 Å². The van der Waals surface area contributed by atoms with Crippen LogP contribution in [0.15, 0.2) is 33.1 Å². The SMILES string of the molecule is CCOC(=O)c1c(C)oc2cc(OCC3CCCCC3)c(OCc3oc4cc(OC)c(OS(=O)(=O)O)cc4c3C(=O)OCC)cc12. The van der Waals surface area contributed by atoms with E-state index >= 15 is 0 Å². The summed E-state index contributed by atoms with van der Waals surface area (Å²) < 4.78 is 76.9. The molecule has 0 amide bonds. The van der Waals surface area contributed by atoms with Crippen molar-refractivity contribution >= 4 is 44.3 Å². The summed E-state index contributed by atoms with van der Waals surface area (Å²) in [6.45, 7) is 5.40. The summed E-state index contributed by atoms with van der Waals surface area (Å²) in [5.74, 6) is -0.310. The molecule has 0 saturated heterocycles. The quantitative estimate of drug-likeness (QED) is 0.121. The lowest BCUT2D eigenvalue weighted by molar-refractivity contribution is 0.0514. The Morgan fingerprint density at radius 2 is 1.41 bits per heavy atom. The molecule has 14 heteroatoms. The van der Waals surface area contributed by atoms with Gasteiger partial charge in [0.2, 0.25) is 0 Å². The average Bonchev–Trinajstić information content (AvgIpc) is 3.53. The van der Waals surface area contributed by atoms with E-state index in [9.17, 15) is 22.6 Å². The summed E-state index contributed by atoms with van der Waals surface area (Å²) >= 11 is 0. The molecular weight excluding hydrogens is 624 g/mol. The number of carbonyl (C=O) groups is 2. The molecule has 2 heterocycles. The zero-order chi connectivity index (χ0) is 33.0. The predicted molar refractivity (Wildman–Crippen MR) is 164 cm³/mol. The van der Waals surface area contributed by atoms with Crippen LogP contribution in [0.25, 0.3) is 21.9 Å². The summed E-state index contributed by atoms with van der Waals surface area (Å²) in [4.78, 5) is 25.9. The van der Waals surface area contributed by atoms with E-state index in [0.717, 1.165) is 25.7 Å². The predicted octanol–water partition coefficient (Wildman–Crippen LogP) is 6.57. The molecule has 2 aromatic carbocycles. The second kappa shape index (κ2) is 13.9. The Hall–Kier alpha value is -4.43. The first-order valence-corrected chi connectivity index (χ1v) is 16.4. The van der Waals surface area contributed by atoms with Crippen molar-refractivity contribution in [2.75, 3.05) is 26.9 Å². The summed E-state index contributed by atoms with van der Waals surface area (Å²) in [5.41, 5.74) is 0.771. The third kappa shape index (κ3) is 7.18. The van der Waals surface area contributed by atoms with Gasteiger partial charge in [-0.3, -0.25) is 4.55 Å². The fraction of sp³-hybridized carbons (Fsp3) is 0.438. The number of carbonyl (C=O) groups excluding carboxylic acids is 2. The number of rotatable bonds is 13. The molecule has 1 N–H and O–H groups in total. The fourth-order valence-electron chi connectivity index (χ4n) is 5.64.